The molecule has 0 heterocycles. The van der Waals surface area contributed by atoms with Gasteiger partial charge in [-0.3, -0.25) is 0 Å². The molecule has 0 aromatic carbocycles. The second kappa shape index (κ2) is 5.39. The highest BCUT2D eigenvalue weighted by atomic mass is 16.6. The van der Waals surface area contributed by atoms with Crippen molar-refractivity contribution in [3.8, 4) is 0 Å². The van der Waals surface area contributed by atoms with Crippen molar-refractivity contribution in [2.45, 2.75) is 44.9 Å². The first-order valence-electron chi connectivity index (χ1n) is 5.69. The summed E-state index contributed by atoms with van der Waals surface area (Å²) in [6.45, 7) is 5.24. The average molecular weight is 257 g/mol. The number of nitrogens with one attached hydrogen (secondary N) is 1. The number of amides is 1. The van der Waals surface area contributed by atoms with E-state index < -0.39 is 29.8 Å². The molecule has 1 aliphatic carbocycles. The van der Waals surface area contributed by atoms with Gasteiger partial charge in [0.25, 0.3) is 0 Å². The van der Waals surface area contributed by atoms with Crippen LogP contribution in [0.4, 0.5) is 4.79 Å². The summed E-state index contributed by atoms with van der Waals surface area (Å²) in [5.41, 5.74) is -0.252. The zero-order chi connectivity index (χ0) is 13.9. The number of aliphatic hydroxyl groups excluding tert-OH is 1. The number of rotatable bonds is 2. The lowest BCUT2D eigenvalue weighted by Crippen LogP contribution is -2.43. The Kier molecular flexibility index (Phi) is 4.34. The molecular weight excluding hydrogens is 238 g/mol. The maximum Gasteiger partial charge on any atom is 0.407 e. The van der Waals surface area contributed by atoms with Gasteiger partial charge in [0.2, 0.25) is 0 Å². The summed E-state index contributed by atoms with van der Waals surface area (Å²) in [6.07, 6.45) is 0.0821. The molecule has 0 spiro atoms. The second-order valence-electron chi connectivity index (χ2n) is 5.13. The molecule has 1 rings (SSSR count). The molecule has 0 saturated carbocycles. The molecule has 0 aliphatic heterocycles. The van der Waals surface area contributed by atoms with Crippen LogP contribution in [0.1, 0.15) is 27.2 Å². The van der Waals surface area contributed by atoms with Crippen molar-refractivity contribution in [1.29, 1.82) is 0 Å². The van der Waals surface area contributed by atoms with E-state index in [0.717, 1.165) is 0 Å². The molecule has 18 heavy (non-hydrogen) atoms. The molecule has 1 aliphatic rings. The standard InChI is InChI=1S/C12H19NO5/c1-12(2,3)18-11(16)13-8-5-7(6-9(8)14)10(15)17-4/h6,8-9,14H,5H2,1-4H3,(H,13,16)/t8-,9-/m1/s1. The molecule has 102 valence electrons. The molecule has 0 aromatic rings. The first-order chi connectivity index (χ1) is 8.23. The van der Waals surface area contributed by atoms with E-state index in [-0.39, 0.29) is 6.42 Å². The van der Waals surface area contributed by atoms with Crippen molar-refractivity contribution in [2.24, 2.45) is 0 Å². The summed E-state index contributed by atoms with van der Waals surface area (Å²) in [7, 11) is 1.27. The van der Waals surface area contributed by atoms with Crippen LogP contribution in [-0.2, 0) is 14.3 Å². The molecule has 1 amide bonds. The van der Waals surface area contributed by atoms with Crippen LogP contribution >= 0.6 is 0 Å². The molecule has 0 fully saturated rings. The van der Waals surface area contributed by atoms with E-state index in [1.807, 2.05) is 0 Å². The molecule has 6 heteroatoms. The Labute approximate surface area is 106 Å². The normalized spacial score (nSPS) is 23.3. The maximum absolute atomic E-state index is 11.5. The van der Waals surface area contributed by atoms with Crippen LogP contribution in [0, 0.1) is 0 Å². The van der Waals surface area contributed by atoms with Gasteiger partial charge in [0.05, 0.1) is 19.3 Å². The Bertz CT molecular complexity index is 369. The van der Waals surface area contributed by atoms with Gasteiger partial charge < -0.3 is 19.9 Å². The summed E-state index contributed by atoms with van der Waals surface area (Å²) >= 11 is 0. The lowest BCUT2D eigenvalue weighted by atomic mass is 10.1. The van der Waals surface area contributed by atoms with Crippen molar-refractivity contribution in [3.05, 3.63) is 11.6 Å². The largest absolute Gasteiger partial charge is 0.466 e. The first-order valence-corrected chi connectivity index (χ1v) is 5.69. The van der Waals surface area contributed by atoms with E-state index in [9.17, 15) is 14.7 Å². The van der Waals surface area contributed by atoms with Crippen LogP contribution < -0.4 is 5.32 Å². The molecule has 2 N–H and O–H groups in total. The number of ether oxygens (including phenoxy) is 2. The fraction of sp³-hybridized carbons (Fsp3) is 0.667. The van der Waals surface area contributed by atoms with E-state index in [2.05, 4.69) is 10.1 Å². The number of carbonyl (C=O) groups excluding carboxylic acids is 2. The van der Waals surface area contributed by atoms with E-state index >= 15 is 0 Å². The van der Waals surface area contributed by atoms with Crippen molar-refractivity contribution >= 4 is 12.1 Å². The maximum atomic E-state index is 11.5. The first kappa shape index (κ1) is 14.5. The van der Waals surface area contributed by atoms with Gasteiger partial charge in [0, 0.05) is 12.0 Å². The van der Waals surface area contributed by atoms with Crippen LogP contribution in [0.2, 0.25) is 0 Å². The summed E-state index contributed by atoms with van der Waals surface area (Å²) in [6, 6.07) is -0.561. The lowest BCUT2D eigenvalue weighted by Gasteiger charge is -2.23. The third-order valence-corrected chi connectivity index (χ3v) is 2.37. The summed E-state index contributed by atoms with van der Waals surface area (Å²) in [5.74, 6) is -0.498. The number of esters is 1. The zero-order valence-corrected chi connectivity index (χ0v) is 11.0. The minimum atomic E-state index is -0.911. The minimum Gasteiger partial charge on any atom is -0.466 e. The quantitative estimate of drug-likeness (QED) is 0.713. The molecule has 0 bridgehead atoms. The second-order valence-corrected chi connectivity index (χ2v) is 5.13. The van der Waals surface area contributed by atoms with Crippen molar-refractivity contribution in [2.75, 3.05) is 7.11 Å². The topological polar surface area (TPSA) is 84.9 Å². The fourth-order valence-corrected chi connectivity index (χ4v) is 1.63. The van der Waals surface area contributed by atoms with Crippen LogP contribution in [-0.4, -0.2) is 42.0 Å². The molecule has 0 unspecified atom stereocenters. The van der Waals surface area contributed by atoms with Crippen LogP contribution in [0.25, 0.3) is 0 Å². The number of hydrogen-bond acceptors (Lipinski definition) is 5. The van der Waals surface area contributed by atoms with E-state index in [1.54, 1.807) is 20.8 Å². The van der Waals surface area contributed by atoms with Gasteiger partial charge in [-0.1, -0.05) is 0 Å². The molecule has 2 atom stereocenters. The highest BCUT2D eigenvalue weighted by Crippen LogP contribution is 2.21. The number of methoxy groups -OCH3 is 1. The Morgan fingerprint density at radius 1 is 1.44 bits per heavy atom. The van der Waals surface area contributed by atoms with Gasteiger partial charge in [-0.25, -0.2) is 9.59 Å². The summed E-state index contributed by atoms with van der Waals surface area (Å²) in [4.78, 5) is 22.8. The van der Waals surface area contributed by atoms with Gasteiger partial charge in [-0.15, -0.1) is 0 Å². The van der Waals surface area contributed by atoms with Gasteiger partial charge in [0.1, 0.15) is 5.60 Å². The molecule has 0 saturated heterocycles. The van der Waals surface area contributed by atoms with Crippen molar-refractivity contribution in [3.63, 3.8) is 0 Å². The van der Waals surface area contributed by atoms with Gasteiger partial charge in [-0.2, -0.15) is 0 Å². The Hall–Kier alpha value is -1.56. The Morgan fingerprint density at radius 3 is 2.56 bits per heavy atom. The molecule has 0 radical (unpaired) electrons. The Morgan fingerprint density at radius 2 is 2.06 bits per heavy atom. The Balaban J connectivity index is 2.52. The third-order valence-electron chi connectivity index (χ3n) is 2.37. The number of alkyl carbamates (subject to hydrolysis) is 1. The zero-order valence-electron chi connectivity index (χ0n) is 11.0. The van der Waals surface area contributed by atoms with Gasteiger partial charge in [0.15, 0.2) is 0 Å². The molecule has 6 nitrogen and oxygen atoms in total. The van der Waals surface area contributed by atoms with E-state index in [1.165, 1.54) is 13.2 Å². The summed E-state index contributed by atoms with van der Waals surface area (Å²) in [5, 5.41) is 12.2. The molecular formula is C12H19NO5. The van der Waals surface area contributed by atoms with Crippen LogP contribution in [0.5, 0.6) is 0 Å². The van der Waals surface area contributed by atoms with Crippen molar-refractivity contribution < 1.29 is 24.2 Å². The fourth-order valence-electron chi connectivity index (χ4n) is 1.63. The predicted octanol–water partition coefficient (Wildman–Crippen LogP) is 0.744. The number of aliphatic hydroxyl groups is 1. The predicted molar refractivity (Wildman–Crippen MR) is 63.9 cm³/mol. The van der Waals surface area contributed by atoms with E-state index in [4.69, 9.17) is 4.74 Å². The van der Waals surface area contributed by atoms with Crippen LogP contribution in [0.3, 0.4) is 0 Å². The highest BCUT2D eigenvalue weighted by Gasteiger charge is 2.32. The number of carbonyl (C=O) groups is 2. The molecule has 0 aromatic heterocycles. The SMILES string of the molecule is COC(=O)C1=C[C@@H](O)[C@H](NC(=O)OC(C)(C)C)C1. The third kappa shape index (κ3) is 4.03. The lowest BCUT2D eigenvalue weighted by molar-refractivity contribution is -0.136. The summed E-state index contributed by atoms with van der Waals surface area (Å²) < 4.78 is 9.62. The van der Waals surface area contributed by atoms with E-state index in [0.29, 0.717) is 5.57 Å². The average Bonchev–Trinajstić information content (AvgIpc) is 2.56. The van der Waals surface area contributed by atoms with Gasteiger partial charge in [-0.05, 0) is 26.8 Å². The highest BCUT2D eigenvalue weighted by molar-refractivity contribution is 5.89. The van der Waals surface area contributed by atoms with Crippen LogP contribution in [0.15, 0.2) is 11.6 Å². The smallest absolute Gasteiger partial charge is 0.407 e. The van der Waals surface area contributed by atoms with Crippen molar-refractivity contribution in [1.82, 2.24) is 5.32 Å². The minimum absolute atomic E-state index is 0.229. The number of hydrogen-bond donors (Lipinski definition) is 2. The van der Waals surface area contributed by atoms with Gasteiger partial charge >= 0.3 is 12.1 Å². The monoisotopic (exact) mass is 257 g/mol.